The number of hydrogen-bond acceptors (Lipinski definition) is 7. The molecule has 124 valence electrons. The van der Waals surface area contributed by atoms with Crippen molar-refractivity contribution in [2.75, 3.05) is 41.5 Å². The van der Waals surface area contributed by atoms with Gasteiger partial charge in [0.1, 0.15) is 24.4 Å². The molecule has 2 aliphatic rings. The number of likely N-dealkylation sites (N-methyl/N-ethyl adjacent to an activating group) is 1. The summed E-state index contributed by atoms with van der Waals surface area (Å²) in [5.74, 6) is 0. The summed E-state index contributed by atoms with van der Waals surface area (Å²) in [6.07, 6.45) is -2.37. The molecule has 2 rings (SSSR count). The molecular weight excluding hydrogens is 301 g/mol. The largest absolute Gasteiger partial charge is 0.408 e. The quantitative estimate of drug-likeness (QED) is 0.689. The normalized spacial score (nSPS) is 44.5. The Hall–Kier alpha value is -0.0500. The molecular formula is C12H24NO7P. The second-order valence-corrected chi connectivity index (χ2v) is 7.06. The van der Waals surface area contributed by atoms with Gasteiger partial charge in [0.15, 0.2) is 6.29 Å². The van der Waals surface area contributed by atoms with Crippen LogP contribution in [0.4, 0.5) is 0 Å². The number of fused-ring (bicyclic) bond motifs is 1. The van der Waals surface area contributed by atoms with Gasteiger partial charge >= 0.3 is 7.75 Å². The first-order valence-electron chi connectivity index (χ1n) is 6.89. The lowest BCUT2D eigenvalue weighted by Crippen LogP contribution is -2.63. The summed E-state index contributed by atoms with van der Waals surface area (Å²) in [5, 5.41) is 0. The number of rotatable bonds is 5. The zero-order valence-corrected chi connectivity index (χ0v) is 13.9. The molecule has 0 aliphatic carbocycles. The predicted molar refractivity (Wildman–Crippen MR) is 74.0 cm³/mol. The summed E-state index contributed by atoms with van der Waals surface area (Å²) < 4.78 is 47.4. The van der Waals surface area contributed by atoms with Gasteiger partial charge < -0.3 is 18.9 Å². The molecule has 2 aliphatic heterocycles. The molecule has 8 nitrogen and oxygen atoms in total. The van der Waals surface area contributed by atoms with Gasteiger partial charge in [-0.15, -0.1) is 0 Å². The fourth-order valence-electron chi connectivity index (χ4n) is 2.75. The van der Waals surface area contributed by atoms with Crippen LogP contribution in [0.15, 0.2) is 0 Å². The van der Waals surface area contributed by atoms with Crippen LogP contribution in [0.3, 0.4) is 0 Å². The SMILES string of the molecule is CCO[P@@]1(=O)O[C@H]2[C@H](OC)[C@@H](OC)C(OC)O[C@@H]2CN1C. The number of nitrogens with zero attached hydrogens (tertiary/aromatic N) is 1. The van der Waals surface area contributed by atoms with Crippen LogP contribution in [0.1, 0.15) is 6.92 Å². The molecule has 0 N–H and O–H groups in total. The molecule has 0 amide bonds. The van der Waals surface area contributed by atoms with E-state index < -0.39 is 32.3 Å². The second-order valence-electron chi connectivity index (χ2n) is 4.98. The first-order valence-corrected chi connectivity index (χ1v) is 8.38. The lowest BCUT2D eigenvalue weighted by molar-refractivity contribution is -0.301. The van der Waals surface area contributed by atoms with Gasteiger partial charge in [-0.05, 0) is 14.0 Å². The molecule has 0 aromatic rings. The molecule has 2 heterocycles. The Morgan fingerprint density at radius 3 is 2.38 bits per heavy atom. The molecule has 6 atom stereocenters. The van der Waals surface area contributed by atoms with Crippen LogP contribution in [-0.2, 0) is 32.6 Å². The maximum atomic E-state index is 12.7. The molecule has 9 heteroatoms. The zero-order valence-electron chi connectivity index (χ0n) is 13.1. The van der Waals surface area contributed by atoms with Crippen LogP contribution in [0.25, 0.3) is 0 Å². The number of methoxy groups -OCH3 is 3. The third-order valence-corrected chi connectivity index (χ3v) is 5.87. The Labute approximate surface area is 125 Å². The summed E-state index contributed by atoms with van der Waals surface area (Å²) in [6, 6.07) is 0. The molecule has 0 radical (unpaired) electrons. The van der Waals surface area contributed by atoms with Gasteiger partial charge in [0.2, 0.25) is 0 Å². The van der Waals surface area contributed by atoms with Crippen molar-refractivity contribution in [3.05, 3.63) is 0 Å². The van der Waals surface area contributed by atoms with Crippen molar-refractivity contribution in [1.82, 2.24) is 4.67 Å². The van der Waals surface area contributed by atoms with E-state index in [1.54, 1.807) is 40.0 Å². The Kier molecular flexibility index (Phi) is 5.78. The highest BCUT2D eigenvalue weighted by Gasteiger charge is 2.55. The predicted octanol–water partition coefficient (Wildman–Crippen LogP) is 0.863. The Morgan fingerprint density at radius 2 is 1.86 bits per heavy atom. The third kappa shape index (κ3) is 3.18. The lowest BCUT2D eigenvalue weighted by Gasteiger charge is -2.49. The van der Waals surface area contributed by atoms with Crippen molar-refractivity contribution in [3.63, 3.8) is 0 Å². The van der Waals surface area contributed by atoms with E-state index in [4.69, 9.17) is 28.0 Å². The Balaban J connectivity index is 2.24. The van der Waals surface area contributed by atoms with E-state index in [9.17, 15) is 4.57 Å². The van der Waals surface area contributed by atoms with Crippen LogP contribution in [-0.4, -0.2) is 76.9 Å². The highest BCUT2D eigenvalue weighted by molar-refractivity contribution is 7.51. The molecule has 21 heavy (non-hydrogen) atoms. The lowest BCUT2D eigenvalue weighted by atomic mass is 9.98. The van der Waals surface area contributed by atoms with E-state index in [1.165, 1.54) is 0 Å². The first-order chi connectivity index (χ1) is 10.0. The van der Waals surface area contributed by atoms with Gasteiger partial charge in [0.25, 0.3) is 0 Å². The molecule has 2 fully saturated rings. The van der Waals surface area contributed by atoms with E-state index in [2.05, 4.69) is 0 Å². The summed E-state index contributed by atoms with van der Waals surface area (Å²) in [5.41, 5.74) is 0. The van der Waals surface area contributed by atoms with Crippen molar-refractivity contribution in [2.45, 2.75) is 37.6 Å². The maximum Gasteiger partial charge on any atom is 0.408 e. The van der Waals surface area contributed by atoms with Gasteiger partial charge in [-0.25, -0.2) is 9.24 Å². The number of ether oxygens (including phenoxy) is 4. The van der Waals surface area contributed by atoms with E-state index in [0.29, 0.717) is 13.2 Å². The van der Waals surface area contributed by atoms with E-state index in [-0.39, 0.29) is 6.10 Å². The van der Waals surface area contributed by atoms with Crippen LogP contribution >= 0.6 is 7.75 Å². The molecule has 0 aromatic heterocycles. The van der Waals surface area contributed by atoms with Gasteiger partial charge in [-0.1, -0.05) is 0 Å². The topological polar surface area (TPSA) is 75.7 Å². The minimum atomic E-state index is -3.33. The maximum absolute atomic E-state index is 12.7. The highest BCUT2D eigenvalue weighted by atomic mass is 31.2. The Bertz CT molecular complexity index is 396. The monoisotopic (exact) mass is 325 g/mol. The van der Waals surface area contributed by atoms with Gasteiger partial charge in [0.05, 0.1) is 6.61 Å². The summed E-state index contributed by atoms with van der Waals surface area (Å²) in [6.45, 7) is 2.47. The summed E-state index contributed by atoms with van der Waals surface area (Å²) in [7, 11) is 2.99. The van der Waals surface area contributed by atoms with E-state index in [0.717, 1.165) is 0 Å². The number of hydrogen-bond donors (Lipinski definition) is 0. The molecule has 0 aromatic carbocycles. The van der Waals surface area contributed by atoms with Crippen LogP contribution in [0, 0.1) is 0 Å². The van der Waals surface area contributed by atoms with Crippen molar-refractivity contribution in [3.8, 4) is 0 Å². The van der Waals surface area contributed by atoms with Crippen molar-refractivity contribution in [1.29, 1.82) is 0 Å². The summed E-state index contributed by atoms with van der Waals surface area (Å²) >= 11 is 0. The van der Waals surface area contributed by atoms with Crippen molar-refractivity contribution < 1.29 is 32.6 Å². The van der Waals surface area contributed by atoms with Crippen molar-refractivity contribution >= 4 is 7.75 Å². The minimum absolute atomic E-state index is 0.298. The summed E-state index contributed by atoms with van der Waals surface area (Å²) in [4.78, 5) is 0. The van der Waals surface area contributed by atoms with E-state index >= 15 is 0 Å². The fourth-order valence-corrected chi connectivity index (χ4v) is 4.41. The molecule has 2 saturated heterocycles. The third-order valence-electron chi connectivity index (χ3n) is 3.78. The highest BCUT2D eigenvalue weighted by Crippen LogP contribution is 2.56. The van der Waals surface area contributed by atoms with Gasteiger partial charge in [-0.2, -0.15) is 0 Å². The Morgan fingerprint density at radius 1 is 1.19 bits per heavy atom. The average molecular weight is 325 g/mol. The molecule has 0 spiro atoms. The molecule has 1 unspecified atom stereocenters. The smallest absolute Gasteiger partial charge is 0.376 e. The van der Waals surface area contributed by atoms with Crippen molar-refractivity contribution in [2.24, 2.45) is 0 Å². The zero-order chi connectivity index (χ0) is 15.6. The minimum Gasteiger partial charge on any atom is -0.376 e. The van der Waals surface area contributed by atoms with Crippen LogP contribution in [0.5, 0.6) is 0 Å². The van der Waals surface area contributed by atoms with Gasteiger partial charge in [0, 0.05) is 27.9 Å². The van der Waals surface area contributed by atoms with Crippen LogP contribution in [0.2, 0.25) is 0 Å². The fraction of sp³-hybridized carbons (Fsp3) is 1.00. The molecule has 0 saturated carbocycles. The first kappa shape index (κ1) is 17.3. The standard InChI is InChI=1S/C12H24NO7P/c1-6-18-21(14)13(2)7-8-9(20-21)10(15-3)11(16-4)12(17-5)19-8/h8-12H,6-7H2,1-5H3/t8-,9-,10+,11-,12?,21-/m1/s1. The van der Waals surface area contributed by atoms with E-state index in [1.807, 2.05) is 0 Å². The molecule has 0 bridgehead atoms. The average Bonchev–Trinajstić information content (AvgIpc) is 2.47. The second kappa shape index (κ2) is 7.02. The van der Waals surface area contributed by atoms with Gasteiger partial charge in [-0.3, -0.25) is 9.05 Å². The van der Waals surface area contributed by atoms with Crippen LogP contribution < -0.4 is 0 Å².